The van der Waals surface area contributed by atoms with E-state index in [1.165, 1.54) is 0 Å². The van der Waals surface area contributed by atoms with Gasteiger partial charge in [0.15, 0.2) is 0 Å². The van der Waals surface area contributed by atoms with Gasteiger partial charge < -0.3 is 10.5 Å². The predicted octanol–water partition coefficient (Wildman–Crippen LogP) is 2.61. The molecule has 2 rings (SSSR count). The van der Waals surface area contributed by atoms with Crippen LogP contribution in [-0.2, 0) is 6.54 Å². The van der Waals surface area contributed by atoms with E-state index in [0.29, 0.717) is 5.02 Å². The Kier molecular flexibility index (Phi) is 3.89. The van der Waals surface area contributed by atoms with Crippen molar-refractivity contribution < 1.29 is 4.74 Å². The predicted molar refractivity (Wildman–Crippen MR) is 71.9 cm³/mol. The molecule has 0 aliphatic rings. The Morgan fingerprint density at radius 3 is 2.89 bits per heavy atom. The van der Waals surface area contributed by atoms with Crippen LogP contribution < -0.4 is 10.5 Å². The van der Waals surface area contributed by atoms with Crippen LogP contribution in [0.4, 0.5) is 0 Å². The van der Waals surface area contributed by atoms with E-state index in [-0.39, 0.29) is 6.04 Å². The first-order chi connectivity index (χ1) is 8.65. The molecular weight excluding hydrogens is 250 g/mol. The summed E-state index contributed by atoms with van der Waals surface area (Å²) in [6, 6.07) is 5.14. The molecule has 0 aliphatic carbocycles. The third kappa shape index (κ3) is 2.49. The summed E-state index contributed by atoms with van der Waals surface area (Å²) in [6.07, 6.45) is 3.71. The van der Waals surface area contributed by atoms with E-state index in [1.54, 1.807) is 19.4 Å². The summed E-state index contributed by atoms with van der Waals surface area (Å²) >= 11 is 6.01. The van der Waals surface area contributed by atoms with Crippen molar-refractivity contribution >= 4 is 11.6 Å². The number of ether oxygens (including phenoxy) is 1. The fourth-order valence-electron chi connectivity index (χ4n) is 1.84. The van der Waals surface area contributed by atoms with Gasteiger partial charge in [0, 0.05) is 28.9 Å². The van der Waals surface area contributed by atoms with Crippen molar-refractivity contribution in [2.75, 3.05) is 7.11 Å². The average molecular weight is 266 g/mol. The molecule has 5 heteroatoms. The van der Waals surface area contributed by atoms with Crippen molar-refractivity contribution in [1.29, 1.82) is 0 Å². The minimum atomic E-state index is -0.293. The molecule has 0 aliphatic heterocycles. The van der Waals surface area contributed by atoms with Gasteiger partial charge in [0.1, 0.15) is 5.75 Å². The zero-order chi connectivity index (χ0) is 13.1. The molecule has 0 amide bonds. The number of halogens is 1. The number of methoxy groups -OCH3 is 1. The monoisotopic (exact) mass is 265 g/mol. The lowest BCUT2D eigenvalue weighted by molar-refractivity contribution is 0.408. The maximum absolute atomic E-state index is 6.24. The Morgan fingerprint density at radius 2 is 2.28 bits per heavy atom. The van der Waals surface area contributed by atoms with E-state index in [2.05, 4.69) is 5.10 Å². The molecular formula is C13H16ClN3O. The number of nitrogens with zero attached hydrogens (tertiary/aromatic N) is 2. The lowest BCUT2D eigenvalue weighted by Crippen LogP contribution is -2.12. The molecule has 1 atom stereocenters. The van der Waals surface area contributed by atoms with Gasteiger partial charge in [-0.05, 0) is 25.1 Å². The first-order valence-electron chi connectivity index (χ1n) is 5.77. The second kappa shape index (κ2) is 5.42. The maximum Gasteiger partial charge on any atom is 0.124 e. The summed E-state index contributed by atoms with van der Waals surface area (Å²) in [5.41, 5.74) is 8.04. The van der Waals surface area contributed by atoms with Gasteiger partial charge in [-0.15, -0.1) is 0 Å². The van der Waals surface area contributed by atoms with Crippen molar-refractivity contribution in [2.45, 2.75) is 19.5 Å². The normalized spacial score (nSPS) is 12.4. The van der Waals surface area contributed by atoms with Gasteiger partial charge in [0.2, 0.25) is 0 Å². The summed E-state index contributed by atoms with van der Waals surface area (Å²) in [5.74, 6) is 0.733. The molecule has 2 N–H and O–H groups in total. The van der Waals surface area contributed by atoms with Crippen LogP contribution in [0.3, 0.4) is 0 Å². The van der Waals surface area contributed by atoms with E-state index in [4.69, 9.17) is 22.1 Å². The van der Waals surface area contributed by atoms with E-state index in [9.17, 15) is 0 Å². The molecule has 0 spiro atoms. The minimum absolute atomic E-state index is 0.293. The largest absolute Gasteiger partial charge is 0.496 e. The van der Waals surface area contributed by atoms with Gasteiger partial charge in [-0.2, -0.15) is 5.10 Å². The van der Waals surface area contributed by atoms with E-state index in [1.807, 2.05) is 29.9 Å². The quantitative estimate of drug-likeness (QED) is 0.925. The number of benzene rings is 1. The first-order valence-corrected chi connectivity index (χ1v) is 6.15. The van der Waals surface area contributed by atoms with Crippen LogP contribution in [0.5, 0.6) is 5.75 Å². The Balaban J connectivity index is 2.38. The molecule has 1 aromatic carbocycles. The molecule has 2 aromatic rings. The topological polar surface area (TPSA) is 53.1 Å². The molecule has 0 bridgehead atoms. The number of aromatic nitrogens is 2. The number of hydrogen-bond donors (Lipinski definition) is 1. The highest BCUT2D eigenvalue weighted by atomic mass is 35.5. The fraction of sp³-hybridized carbons (Fsp3) is 0.308. The molecule has 18 heavy (non-hydrogen) atoms. The van der Waals surface area contributed by atoms with Crippen molar-refractivity contribution in [3.05, 3.63) is 46.7 Å². The molecule has 96 valence electrons. The fourth-order valence-corrected chi connectivity index (χ4v) is 2.02. The minimum Gasteiger partial charge on any atom is -0.496 e. The summed E-state index contributed by atoms with van der Waals surface area (Å²) in [7, 11) is 1.62. The lowest BCUT2D eigenvalue weighted by atomic mass is 10.0. The SMILES string of the molecule is CCn1cc(C(N)c2cc(Cl)ccc2OC)cn1. The summed E-state index contributed by atoms with van der Waals surface area (Å²) in [5, 5.41) is 4.86. The van der Waals surface area contributed by atoms with Crippen molar-refractivity contribution in [1.82, 2.24) is 9.78 Å². The smallest absolute Gasteiger partial charge is 0.124 e. The zero-order valence-electron chi connectivity index (χ0n) is 10.4. The highest BCUT2D eigenvalue weighted by molar-refractivity contribution is 6.30. The van der Waals surface area contributed by atoms with Crippen LogP contribution >= 0.6 is 11.6 Å². The Morgan fingerprint density at radius 1 is 1.50 bits per heavy atom. The zero-order valence-corrected chi connectivity index (χ0v) is 11.2. The third-order valence-electron chi connectivity index (χ3n) is 2.86. The Bertz CT molecular complexity index is 539. The van der Waals surface area contributed by atoms with Crippen LogP contribution in [0, 0.1) is 0 Å². The maximum atomic E-state index is 6.24. The molecule has 0 radical (unpaired) electrons. The lowest BCUT2D eigenvalue weighted by Gasteiger charge is -2.14. The second-order valence-corrected chi connectivity index (χ2v) is 4.43. The first kappa shape index (κ1) is 12.9. The van der Waals surface area contributed by atoms with Crippen LogP contribution in [0.1, 0.15) is 24.1 Å². The summed E-state index contributed by atoms with van der Waals surface area (Å²) in [4.78, 5) is 0. The van der Waals surface area contributed by atoms with Crippen LogP contribution in [0.25, 0.3) is 0 Å². The number of rotatable bonds is 4. The molecule has 1 unspecified atom stereocenters. The summed E-state index contributed by atoms with van der Waals surface area (Å²) in [6.45, 7) is 2.85. The van der Waals surface area contributed by atoms with E-state index < -0.39 is 0 Å². The van der Waals surface area contributed by atoms with Gasteiger partial charge in [-0.3, -0.25) is 4.68 Å². The summed E-state index contributed by atoms with van der Waals surface area (Å²) < 4.78 is 7.15. The molecule has 1 heterocycles. The third-order valence-corrected chi connectivity index (χ3v) is 3.10. The van der Waals surface area contributed by atoms with Gasteiger partial charge in [0.25, 0.3) is 0 Å². The second-order valence-electron chi connectivity index (χ2n) is 3.99. The molecule has 0 fully saturated rings. The van der Waals surface area contributed by atoms with Crippen LogP contribution in [0.15, 0.2) is 30.6 Å². The number of aryl methyl sites for hydroxylation is 1. The van der Waals surface area contributed by atoms with Crippen molar-refractivity contribution in [3.63, 3.8) is 0 Å². The average Bonchev–Trinajstić information content (AvgIpc) is 2.86. The number of hydrogen-bond acceptors (Lipinski definition) is 3. The highest BCUT2D eigenvalue weighted by Gasteiger charge is 2.16. The molecule has 4 nitrogen and oxygen atoms in total. The van der Waals surface area contributed by atoms with Crippen molar-refractivity contribution in [3.8, 4) is 5.75 Å². The van der Waals surface area contributed by atoms with E-state index >= 15 is 0 Å². The van der Waals surface area contributed by atoms with E-state index in [0.717, 1.165) is 23.4 Å². The number of nitrogens with two attached hydrogens (primary N) is 1. The molecule has 1 aromatic heterocycles. The van der Waals surface area contributed by atoms with Gasteiger partial charge in [-0.25, -0.2) is 0 Å². The van der Waals surface area contributed by atoms with Crippen molar-refractivity contribution in [2.24, 2.45) is 5.73 Å². The standard InChI is InChI=1S/C13H16ClN3O/c1-3-17-8-9(7-16-17)13(15)11-6-10(14)4-5-12(11)18-2/h4-8,13H,3,15H2,1-2H3. The Labute approximate surface area is 111 Å². The molecule has 0 saturated heterocycles. The van der Waals surface area contributed by atoms with Gasteiger partial charge >= 0.3 is 0 Å². The van der Waals surface area contributed by atoms with Gasteiger partial charge in [0.05, 0.1) is 19.3 Å². The van der Waals surface area contributed by atoms with Crippen LogP contribution in [0.2, 0.25) is 5.02 Å². The van der Waals surface area contributed by atoms with Gasteiger partial charge in [-0.1, -0.05) is 11.6 Å². The van der Waals surface area contributed by atoms with Crippen LogP contribution in [-0.4, -0.2) is 16.9 Å². The molecule has 0 saturated carbocycles. The Hall–Kier alpha value is -1.52. The highest BCUT2D eigenvalue weighted by Crippen LogP contribution is 2.30.